The lowest BCUT2D eigenvalue weighted by Gasteiger charge is -2.54. The second-order valence-electron chi connectivity index (χ2n) is 9.20. The molecule has 1 N–H and O–H groups in total. The van der Waals surface area contributed by atoms with Gasteiger partial charge in [-0.15, -0.1) is 0 Å². The molecular formula is C25H27Cl2NO4S. The number of allylic oxidation sites excluding steroid dienone is 1. The molecule has 2 aromatic rings. The number of nitrogens with zero attached hydrogens (tertiary/aromatic N) is 1. The predicted molar refractivity (Wildman–Crippen MR) is 131 cm³/mol. The molecule has 2 aliphatic rings. The van der Waals surface area contributed by atoms with Crippen LogP contribution in [0.1, 0.15) is 49.3 Å². The van der Waals surface area contributed by atoms with Gasteiger partial charge in [-0.05, 0) is 54.3 Å². The lowest BCUT2D eigenvalue weighted by Crippen LogP contribution is -2.59. The molecule has 1 aliphatic heterocycles. The van der Waals surface area contributed by atoms with Crippen molar-refractivity contribution in [2.75, 3.05) is 12.0 Å². The highest BCUT2D eigenvalue weighted by Gasteiger charge is 2.56. The first-order chi connectivity index (χ1) is 15.5. The molecule has 1 heterocycles. The molecule has 0 bridgehead atoms. The fraction of sp³-hybridized carbons (Fsp3) is 0.400. The van der Waals surface area contributed by atoms with Crippen LogP contribution >= 0.6 is 23.2 Å². The summed E-state index contributed by atoms with van der Waals surface area (Å²) in [5.74, 6) is -0.239. The number of carbonyl (C=O) groups is 1. The van der Waals surface area contributed by atoms with Crippen LogP contribution in [0.2, 0.25) is 10.0 Å². The molecule has 4 atom stereocenters. The lowest BCUT2D eigenvalue weighted by molar-refractivity contribution is -0.154. The number of sulfone groups is 1. The summed E-state index contributed by atoms with van der Waals surface area (Å²) >= 11 is 12.5. The highest BCUT2D eigenvalue weighted by atomic mass is 35.5. The summed E-state index contributed by atoms with van der Waals surface area (Å²) in [6, 6.07) is 14.0. The normalized spacial score (nSPS) is 26.1. The Labute approximate surface area is 204 Å². The van der Waals surface area contributed by atoms with Crippen molar-refractivity contribution in [2.45, 2.75) is 44.2 Å². The van der Waals surface area contributed by atoms with Gasteiger partial charge in [0.15, 0.2) is 0 Å². The Morgan fingerprint density at radius 3 is 2.33 bits per heavy atom. The van der Waals surface area contributed by atoms with E-state index in [9.17, 15) is 18.3 Å². The van der Waals surface area contributed by atoms with Gasteiger partial charge in [-0.1, -0.05) is 54.4 Å². The fourth-order valence-electron chi connectivity index (χ4n) is 5.28. The van der Waals surface area contributed by atoms with Gasteiger partial charge >= 0.3 is 0 Å². The topological polar surface area (TPSA) is 74.7 Å². The first kappa shape index (κ1) is 24.1. The number of hydrogen-bond acceptors (Lipinski definition) is 4. The summed E-state index contributed by atoms with van der Waals surface area (Å²) in [5, 5.41) is 11.2. The van der Waals surface area contributed by atoms with E-state index in [1.165, 1.54) is 6.26 Å². The van der Waals surface area contributed by atoms with Crippen LogP contribution in [0, 0.1) is 5.41 Å². The second-order valence-corrected chi connectivity index (χ2v) is 12.3. The number of aliphatic hydroxyl groups is 1. The Kier molecular flexibility index (Phi) is 6.56. The van der Waals surface area contributed by atoms with E-state index in [1.807, 2.05) is 37.3 Å². The molecule has 1 aliphatic carbocycles. The zero-order chi connectivity index (χ0) is 24.0. The number of benzene rings is 2. The van der Waals surface area contributed by atoms with Gasteiger partial charge in [0.2, 0.25) is 5.91 Å². The standard InChI is InChI=1S/C25H27Cl2NO4S/c1-3-20(15-33(2,31)32)28-23(16-7-9-18(26)10-8-16)22(17-5-4-6-19(27)11-17)14-25(24(28)30)12-21(29)13-25/h4-12,20,22-23,29H,3,13-15H2,1-2H3/t20-,22+,23+,25-/m0/s1. The number of halogens is 2. The summed E-state index contributed by atoms with van der Waals surface area (Å²) in [7, 11) is -3.35. The average molecular weight is 508 g/mol. The van der Waals surface area contributed by atoms with E-state index in [4.69, 9.17) is 23.2 Å². The number of amides is 1. The molecule has 1 saturated heterocycles. The van der Waals surface area contributed by atoms with Crippen LogP contribution in [0.3, 0.4) is 0 Å². The lowest BCUT2D eigenvalue weighted by atomic mass is 9.61. The largest absolute Gasteiger partial charge is 0.513 e. The minimum atomic E-state index is -3.35. The molecule has 176 valence electrons. The first-order valence-electron chi connectivity index (χ1n) is 10.9. The molecule has 0 radical (unpaired) electrons. The molecule has 2 aromatic carbocycles. The minimum absolute atomic E-state index is 0.132. The predicted octanol–water partition coefficient (Wildman–Crippen LogP) is 5.71. The Bertz CT molecular complexity index is 1200. The molecule has 1 spiro atoms. The maximum atomic E-state index is 14.0. The van der Waals surface area contributed by atoms with Crippen molar-refractivity contribution in [3.8, 4) is 0 Å². The maximum absolute atomic E-state index is 14.0. The van der Waals surface area contributed by atoms with E-state index in [0.717, 1.165) is 11.1 Å². The molecule has 8 heteroatoms. The van der Waals surface area contributed by atoms with E-state index in [-0.39, 0.29) is 29.8 Å². The Balaban J connectivity index is 1.91. The van der Waals surface area contributed by atoms with Gasteiger partial charge in [0.05, 0.1) is 23.0 Å². The van der Waals surface area contributed by atoms with Crippen LogP contribution in [0.5, 0.6) is 0 Å². The fourth-order valence-corrected chi connectivity index (χ4v) is 6.70. The molecule has 4 rings (SSSR count). The minimum Gasteiger partial charge on any atom is -0.513 e. The molecule has 1 amide bonds. The molecule has 0 aromatic heterocycles. The van der Waals surface area contributed by atoms with Gasteiger partial charge < -0.3 is 10.0 Å². The summed E-state index contributed by atoms with van der Waals surface area (Å²) in [4.78, 5) is 15.7. The molecule has 1 fully saturated rings. The van der Waals surface area contributed by atoms with E-state index in [2.05, 4.69) is 0 Å². The van der Waals surface area contributed by atoms with Crippen molar-refractivity contribution in [3.63, 3.8) is 0 Å². The second kappa shape index (κ2) is 8.97. The van der Waals surface area contributed by atoms with Crippen LogP contribution in [0.25, 0.3) is 0 Å². The van der Waals surface area contributed by atoms with Gasteiger partial charge in [-0.2, -0.15) is 0 Å². The van der Waals surface area contributed by atoms with E-state index in [0.29, 0.717) is 22.9 Å². The van der Waals surface area contributed by atoms with Crippen LogP contribution in [-0.4, -0.2) is 42.4 Å². The number of carbonyl (C=O) groups excluding carboxylic acids is 1. The maximum Gasteiger partial charge on any atom is 0.234 e. The summed E-state index contributed by atoms with van der Waals surface area (Å²) in [5.41, 5.74) is 0.991. The van der Waals surface area contributed by atoms with Crippen molar-refractivity contribution in [2.24, 2.45) is 5.41 Å². The van der Waals surface area contributed by atoms with E-state index in [1.54, 1.807) is 29.2 Å². The molecule has 0 saturated carbocycles. The van der Waals surface area contributed by atoms with Crippen molar-refractivity contribution >= 4 is 38.9 Å². The Morgan fingerprint density at radius 2 is 1.79 bits per heavy atom. The summed E-state index contributed by atoms with van der Waals surface area (Å²) in [6.45, 7) is 1.89. The van der Waals surface area contributed by atoms with Gasteiger partial charge in [0.1, 0.15) is 9.84 Å². The molecule has 33 heavy (non-hydrogen) atoms. The van der Waals surface area contributed by atoms with Gasteiger partial charge in [-0.3, -0.25) is 4.79 Å². The van der Waals surface area contributed by atoms with E-state index >= 15 is 0 Å². The van der Waals surface area contributed by atoms with Crippen LogP contribution in [0.4, 0.5) is 0 Å². The Morgan fingerprint density at radius 1 is 1.12 bits per heavy atom. The quantitative estimate of drug-likeness (QED) is 0.543. The Hall–Kier alpha value is -2.02. The first-order valence-corrected chi connectivity index (χ1v) is 13.8. The number of aliphatic hydroxyl groups excluding tert-OH is 1. The van der Waals surface area contributed by atoms with Crippen molar-refractivity contribution in [3.05, 3.63) is 81.5 Å². The highest BCUT2D eigenvalue weighted by Crippen LogP contribution is 2.56. The van der Waals surface area contributed by atoms with Gasteiger partial charge in [0, 0.05) is 34.7 Å². The zero-order valence-electron chi connectivity index (χ0n) is 18.5. The third-order valence-corrected chi connectivity index (χ3v) is 8.19. The van der Waals surface area contributed by atoms with Crippen LogP contribution in [0.15, 0.2) is 60.4 Å². The third kappa shape index (κ3) is 4.79. The number of hydrogen-bond donors (Lipinski definition) is 1. The zero-order valence-corrected chi connectivity index (χ0v) is 20.9. The third-order valence-electron chi connectivity index (χ3n) is 6.71. The molecular weight excluding hydrogens is 481 g/mol. The summed E-state index contributed by atoms with van der Waals surface area (Å²) < 4.78 is 24.6. The highest BCUT2D eigenvalue weighted by molar-refractivity contribution is 7.90. The monoisotopic (exact) mass is 507 g/mol. The number of piperidine rings is 1. The summed E-state index contributed by atoms with van der Waals surface area (Å²) in [6.07, 6.45) is 4.06. The number of likely N-dealkylation sites (tertiary alicyclic amines) is 1. The van der Waals surface area contributed by atoms with Crippen molar-refractivity contribution in [1.29, 1.82) is 0 Å². The smallest absolute Gasteiger partial charge is 0.234 e. The molecule has 0 unspecified atom stereocenters. The average Bonchev–Trinajstić information content (AvgIpc) is 2.72. The van der Waals surface area contributed by atoms with Crippen LogP contribution < -0.4 is 0 Å². The molecule has 5 nitrogen and oxygen atoms in total. The van der Waals surface area contributed by atoms with Crippen molar-refractivity contribution in [1.82, 2.24) is 4.90 Å². The van der Waals surface area contributed by atoms with E-state index < -0.39 is 27.3 Å². The van der Waals surface area contributed by atoms with Crippen molar-refractivity contribution < 1.29 is 18.3 Å². The SMILES string of the molecule is CC[C@@H](CS(C)(=O)=O)N1C(=O)[C@]2(C=C(O)C2)C[C@H](c2cccc(Cl)c2)[C@H]1c1ccc(Cl)cc1. The number of rotatable bonds is 6. The van der Waals surface area contributed by atoms with Crippen LogP contribution in [-0.2, 0) is 14.6 Å². The van der Waals surface area contributed by atoms with Gasteiger partial charge in [-0.25, -0.2) is 8.42 Å². The van der Waals surface area contributed by atoms with Gasteiger partial charge in [0.25, 0.3) is 0 Å².